The first-order valence-electron chi connectivity index (χ1n) is 8.43. The van der Waals surface area contributed by atoms with Crippen molar-refractivity contribution in [3.63, 3.8) is 0 Å². The second-order valence-corrected chi connectivity index (χ2v) is 6.33. The summed E-state index contributed by atoms with van der Waals surface area (Å²) in [5.74, 6) is 0.00722. The van der Waals surface area contributed by atoms with Gasteiger partial charge in [-0.3, -0.25) is 4.79 Å². The molecule has 1 aliphatic rings. The molecule has 0 bridgehead atoms. The van der Waals surface area contributed by atoms with Gasteiger partial charge in [0.1, 0.15) is 5.75 Å². The first-order chi connectivity index (χ1) is 11.1. The molecule has 128 valence electrons. The molecule has 5 heteroatoms. The predicted molar refractivity (Wildman–Crippen MR) is 90.6 cm³/mol. The summed E-state index contributed by atoms with van der Waals surface area (Å²) < 4.78 is 5.87. The standard InChI is InChI=1S/C18H28N2O3/c1-14(15-4-6-16(21)7-5-15)18(22)19-10-3-13-23-17-8-11-20(2)12-9-17/h4-7,14,17,21H,3,8-13H2,1-2H3,(H,19,22)/t14-/m1/s1. The molecule has 23 heavy (non-hydrogen) atoms. The van der Waals surface area contributed by atoms with Gasteiger partial charge in [0.25, 0.3) is 0 Å². The lowest BCUT2D eigenvalue weighted by Gasteiger charge is -2.28. The number of nitrogens with one attached hydrogen (secondary N) is 1. The van der Waals surface area contributed by atoms with Crippen molar-refractivity contribution < 1.29 is 14.6 Å². The van der Waals surface area contributed by atoms with Gasteiger partial charge in [-0.05, 0) is 50.9 Å². The van der Waals surface area contributed by atoms with Crippen LogP contribution in [0.25, 0.3) is 0 Å². The number of ether oxygens (including phenoxy) is 1. The van der Waals surface area contributed by atoms with Gasteiger partial charge in [0.15, 0.2) is 0 Å². The molecule has 1 heterocycles. The first-order valence-corrected chi connectivity index (χ1v) is 8.43. The van der Waals surface area contributed by atoms with Crippen LogP contribution in [0.3, 0.4) is 0 Å². The lowest BCUT2D eigenvalue weighted by atomic mass is 10.0. The monoisotopic (exact) mass is 320 g/mol. The highest BCUT2D eigenvalue weighted by molar-refractivity contribution is 5.83. The number of phenols is 1. The van der Waals surface area contributed by atoms with E-state index in [-0.39, 0.29) is 17.6 Å². The number of carbonyl (C=O) groups excluding carboxylic acids is 1. The highest BCUT2D eigenvalue weighted by atomic mass is 16.5. The summed E-state index contributed by atoms with van der Waals surface area (Å²) in [7, 11) is 2.14. The number of carbonyl (C=O) groups is 1. The smallest absolute Gasteiger partial charge is 0.227 e. The Balaban J connectivity index is 1.60. The summed E-state index contributed by atoms with van der Waals surface area (Å²) in [6, 6.07) is 6.77. The third-order valence-electron chi connectivity index (χ3n) is 4.43. The average molecular weight is 320 g/mol. The fourth-order valence-corrected chi connectivity index (χ4v) is 2.75. The fraction of sp³-hybridized carbons (Fsp3) is 0.611. The van der Waals surface area contributed by atoms with Gasteiger partial charge in [-0.15, -0.1) is 0 Å². The van der Waals surface area contributed by atoms with Crippen molar-refractivity contribution in [2.45, 2.75) is 38.2 Å². The van der Waals surface area contributed by atoms with E-state index in [0.717, 1.165) is 37.9 Å². The Morgan fingerprint density at radius 2 is 2.00 bits per heavy atom. The first kappa shape index (κ1) is 17.8. The van der Waals surface area contributed by atoms with E-state index in [2.05, 4.69) is 17.3 Å². The van der Waals surface area contributed by atoms with E-state index in [4.69, 9.17) is 4.74 Å². The molecule has 0 aromatic heterocycles. The van der Waals surface area contributed by atoms with E-state index in [1.54, 1.807) is 24.3 Å². The molecule has 0 aliphatic carbocycles. The summed E-state index contributed by atoms with van der Waals surface area (Å²) in [4.78, 5) is 14.4. The number of amides is 1. The number of phenolic OH excluding ortho intramolecular Hbond substituents is 1. The Kier molecular flexibility index (Phi) is 6.86. The number of rotatable bonds is 7. The van der Waals surface area contributed by atoms with Gasteiger partial charge in [-0.1, -0.05) is 12.1 Å². The van der Waals surface area contributed by atoms with E-state index < -0.39 is 0 Å². The molecule has 0 unspecified atom stereocenters. The van der Waals surface area contributed by atoms with Gasteiger partial charge < -0.3 is 20.1 Å². The van der Waals surface area contributed by atoms with Crippen LogP contribution in [0.1, 0.15) is 37.7 Å². The summed E-state index contributed by atoms with van der Waals surface area (Å²) in [6.07, 6.45) is 3.40. The fourth-order valence-electron chi connectivity index (χ4n) is 2.75. The van der Waals surface area contributed by atoms with Crippen LogP contribution < -0.4 is 5.32 Å². The van der Waals surface area contributed by atoms with Gasteiger partial charge in [0, 0.05) is 26.2 Å². The summed E-state index contributed by atoms with van der Waals surface area (Å²) in [6.45, 7) is 5.41. The molecule has 1 aliphatic heterocycles. The molecule has 2 N–H and O–H groups in total. The topological polar surface area (TPSA) is 61.8 Å². The predicted octanol–water partition coefficient (Wildman–Crippen LogP) is 2.11. The molecular weight excluding hydrogens is 292 g/mol. The molecule has 2 rings (SSSR count). The van der Waals surface area contributed by atoms with E-state index in [9.17, 15) is 9.90 Å². The van der Waals surface area contributed by atoms with Gasteiger partial charge >= 0.3 is 0 Å². The minimum Gasteiger partial charge on any atom is -0.508 e. The molecule has 1 atom stereocenters. The number of hydrogen-bond acceptors (Lipinski definition) is 4. The number of nitrogens with zero attached hydrogens (tertiary/aromatic N) is 1. The minimum atomic E-state index is -0.217. The van der Waals surface area contributed by atoms with E-state index in [1.165, 1.54) is 0 Å². The van der Waals surface area contributed by atoms with Crippen LogP contribution in [-0.2, 0) is 9.53 Å². The molecule has 1 aromatic carbocycles. The number of piperidine rings is 1. The van der Waals surface area contributed by atoms with Crippen molar-refractivity contribution in [3.05, 3.63) is 29.8 Å². The Morgan fingerprint density at radius 1 is 1.35 bits per heavy atom. The maximum atomic E-state index is 12.1. The normalized spacial score (nSPS) is 17.8. The third-order valence-corrected chi connectivity index (χ3v) is 4.43. The maximum absolute atomic E-state index is 12.1. The van der Waals surface area contributed by atoms with Crippen molar-refractivity contribution >= 4 is 5.91 Å². The van der Waals surface area contributed by atoms with Crippen molar-refractivity contribution in [2.24, 2.45) is 0 Å². The SMILES string of the molecule is C[C@@H](C(=O)NCCCOC1CCN(C)CC1)c1ccc(O)cc1. The summed E-state index contributed by atoms with van der Waals surface area (Å²) in [5, 5.41) is 12.2. The highest BCUT2D eigenvalue weighted by Gasteiger charge is 2.17. The quantitative estimate of drug-likeness (QED) is 0.756. The van der Waals surface area contributed by atoms with Crippen molar-refractivity contribution in [2.75, 3.05) is 33.3 Å². The van der Waals surface area contributed by atoms with E-state index >= 15 is 0 Å². The van der Waals surface area contributed by atoms with Crippen LogP contribution >= 0.6 is 0 Å². The molecule has 0 radical (unpaired) electrons. The average Bonchev–Trinajstić information content (AvgIpc) is 2.56. The Morgan fingerprint density at radius 3 is 2.65 bits per heavy atom. The largest absolute Gasteiger partial charge is 0.508 e. The zero-order chi connectivity index (χ0) is 16.7. The molecule has 1 amide bonds. The molecule has 1 aromatic rings. The maximum Gasteiger partial charge on any atom is 0.227 e. The lowest BCUT2D eigenvalue weighted by molar-refractivity contribution is -0.122. The van der Waals surface area contributed by atoms with E-state index in [0.29, 0.717) is 19.3 Å². The summed E-state index contributed by atoms with van der Waals surface area (Å²) >= 11 is 0. The van der Waals surface area contributed by atoms with E-state index in [1.807, 2.05) is 6.92 Å². The van der Waals surface area contributed by atoms with Gasteiger partial charge in [-0.2, -0.15) is 0 Å². The second-order valence-electron chi connectivity index (χ2n) is 6.33. The molecular formula is C18H28N2O3. The number of benzene rings is 1. The molecule has 1 saturated heterocycles. The van der Waals surface area contributed by atoms with Gasteiger partial charge in [-0.25, -0.2) is 0 Å². The molecule has 5 nitrogen and oxygen atoms in total. The Hall–Kier alpha value is -1.59. The van der Waals surface area contributed by atoms with Gasteiger partial charge in [0.05, 0.1) is 12.0 Å². The van der Waals surface area contributed by atoms with Gasteiger partial charge in [0.2, 0.25) is 5.91 Å². The number of aromatic hydroxyl groups is 1. The molecule has 1 fully saturated rings. The Bertz CT molecular complexity index is 482. The zero-order valence-corrected chi connectivity index (χ0v) is 14.1. The summed E-state index contributed by atoms with van der Waals surface area (Å²) in [5.41, 5.74) is 0.905. The van der Waals surface area contributed by atoms with Crippen LogP contribution in [0.4, 0.5) is 0 Å². The lowest BCUT2D eigenvalue weighted by Crippen LogP contribution is -2.35. The van der Waals surface area contributed by atoms with Crippen LogP contribution in [0.15, 0.2) is 24.3 Å². The molecule has 0 spiro atoms. The van der Waals surface area contributed by atoms with Crippen LogP contribution in [0.2, 0.25) is 0 Å². The highest BCUT2D eigenvalue weighted by Crippen LogP contribution is 2.18. The van der Waals surface area contributed by atoms with Crippen molar-refractivity contribution in [3.8, 4) is 5.75 Å². The molecule has 0 saturated carbocycles. The Labute approximate surface area is 138 Å². The zero-order valence-electron chi connectivity index (χ0n) is 14.1. The third kappa shape index (κ3) is 5.84. The van der Waals surface area contributed by atoms with Crippen LogP contribution in [0, 0.1) is 0 Å². The van der Waals surface area contributed by atoms with Crippen LogP contribution in [0.5, 0.6) is 5.75 Å². The van der Waals surface area contributed by atoms with Crippen molar-refractivity contribution in [1.82, 2.24) is 10.2 Å². The van der Waals surface area contributed by atoms with Crippen molar-refractivity contribution in [1.29, 1.82) is 0 Å². The second kappa shape index (κ2) is 8.89. The minimum absolute atomic E-state index is 0.00924. The van der Waals surface area contributed by atoms with Crippen LogP contribution in [-0.4, -0.2) is 55.3 Å². The number of likely N-dealkylation sites (tertiary alicyclic amines) is 1. The number of hydrogen-bond donors (Lipinski definition) is 2.